The van der Waals surface area contributed by atoms with Gasteiger partial charge >= 0.3 is 0 Å². The lowest BCUT2D eigenvalue weighted by molar-refractivity contribution is 0.222. The zero-order chi connectivity index (χ0) is 21.0. The van der Waals surface area contributed by atoms with Gasteiger partial charge in [0, 0.05) is 23.7 Å². The van der Waals surface area contributed by atoms with Crippen molar-refractivity contribution in [3.8, 4) is 0 Å². The van der Waals surface area contributed by atoms with Crippen molar-refractivity contribution in [2.75, 3.05) is 6.61 Å². The number of aliphatic imine (C=N–C) groups is 1. The van der Waals surface area contributed by atoms with Crippen LogP contribution in [0.5, 0.6) is 0 Å². The van der Waals surface area contributed by atoms with Crippen LogP contribution in [-0.4, -0.2) is 22.3 Å². The van der Waals surface area contributed by atoms with Gasteiger partial charge in [-0.1, -0.05) is 58.8 Å². The number of ether oxygens (including phenoxy) is 1. The van der Waals surface area contributed by atoms with E-state index in [4.69, 9.17) is 9.73 Å². The smallest absolute Gasteiger partial charge is 0.147 e. The number of hydrogen-bond acceptors (Lipinski definition) is 2. The number of nitrogens with one attached hydrogen (secondary N) is 2. The SMILES string of the molecule is CCCCCCCCCCc1ccc(C=C2N=C(c3ccc[nH]3)C=C2OCCC)[nH]1. The molecule has 0 radical (unpaired) electrons. The van der Waals surface area contributed by atoms with Gasteiger partial charge in [-0.25, -0.2) is 4.99 Å². The molecule has 1 aliphatic rings. The molecule has 4 nitrogen and oxygen atoms in total. The maximum absolute atomic E-state index is 5.95. The van der Waals surface area contributed by atoms with E-state index in [9.17, 15) is 0 Å². The molecular weight excluding hydrogens is 370 g/mol. The molecule has 0 fully saturated rings. The van der Waals surface area contributed by atoms with E-state index < -0.39 is 0 Å². The Morgan fingerprint density at radius 3 is 2.47 bits per heavy atom. The van der Waals surface area contributed by atoms with Gasteiger partial charge in [-0.2, -0.15) is 0 Å². The standard InChI is InChI=1S/C26H37N3O/c1-3-5-6-7-8-9-10-11-13-21-15-16-22(28-21)19-25-26(30-18-4-2)20-24(29-25)23-14-12-17-27-23/h12,14-17,19-20,27-28H,3-11,13,18H2,1-2H3. The Hall–Kier alpha value is -2.49. The fourth-order valence-electron chi connectivity index (χ4n) is 3.76. The Labute approximate surface area is 181 Å². The molecule has 162 valence electrons. The average Bonchev–Trinajstić information content (AvgIpc) is 3.50. The lowest BCUT2D eigenvalue weighted by Crippen LogP contribution is -1.95. The Bertz CT molecular complexity index is 840. The average molecular weight is 408 g/mol. The van der Waals surface area contributed by atoms with Crippen LogP contribution in [0.1, 0.15) is 88.7 Å². The number of H-pyrrole nitrogens is 2. The molecule has 0 atom stereocenters. The third-order valence-corrected chi connectivity index (χ3v) is 5.46. The minimum Gasteiger partial charge on any atom is -0.491 e. The van der Waals surface area contributed by atoms with E-state index in [0.29, 0.717) is 6.61 Å². The number of hydrogen-bond donors (Lipinski definition) is 2. The molecule has 0 bridgehead atoms. The summed E-state index contributed by atoms with van der Waals surface area (Å²) in [5.41, 5.74) is 5.20. The molecule has 2 aromatic heterocycles. The molecule has 0 unspecified atom stereocenters. The van der Waals surface area contributed by atoms with Crippen LogP contribution in [0.4, 0.5) is 0 Å². The normalized spacial score (nSPS) is 14.9. The lowest BCUT2D eigenvalue weighted by Gasteiger charge is -2.05. The molecule has 0 spiro atoms. The van der Waals surface area contributed by atoms with E-state index in [0.717, 1.165) is 41.4 Å². The lowest BCUT2D eigenvalue weighted by atomic mass is 10.1. The topological polar surface area (TPSA) is 53.2 Å². The Morgan fingerprint density at radius 1 is 0.933 bits per heavy atom. The first-order valence-corrected chi connectivity index (χ1v) is 11.8. The van der Waals surface area contributed by atoms with E-state index in [2.05, 4.69) is 42.0 Å². The predicted octanol–water partition coefficient (Wildman–Crippen LogP) is 7.18. The summed E-state index contributed by atoms with van der Waals surface area (Å²) in [6, 6.07) is 8.37. The van der Waals surface area contributed by atoms with E-state index in [1.54, 1.807) is 0 Å². The molecular formula is C26H37N3O. The van der Waals surface area contributed by atoms with E-state index in [1.807, 2.05) is 24.4 Å². The summed E-state index contributed by atoms with van der Waals surface area (Å²) in [5, 5.41) is 0. The van der Waals surface area contributed by atoms with Gasteiger partial charge in [-0.15, -0.1) is 0 Å². The molecule has 1 aliphatic heterocycles. The summed E-state index contributed by atoms with van der Waals surface area (Å²) in [7, 11) is 0. The van der Waals surface area contributed by atoms with Gasteiger partial charge in [0.05, 0.1) is 18.0 Å². The van der Waals surface area contributed by atoms with Crippen molar-refractivity contribution in [1.29, 1.82) is 0 Å². The molecule has 0 saturated heterocycles. The third kappa shape index (κ3) is 6.79. The van der Waals surface area contributed by atoms with Crippen LogP contribution in [0.15, 0.2) is 53.0 Å². The van der Waals surface area contributed by atoms with Gasteiger partial charge in [-0.3, -0.25) is 0 Å². The first-order valence-electron chi connectivity index (χ1n) is 11.8. The highest BCUT2D eigenvalue weighted by atomic mass is 16.5. The fraction of sp³-hybridized carbons (Fsp3) is 0.500. The van der Waals surface area contributed by atoms with E-state index >= 15 is 0 Å². The van der Waals surface area contributed by atoms with Gasteiger partial charge in [0.25, 0.3) is 0 Å². The van der Waals surface area contributed by atoms with Crippen LogP contribution in [0.3, 0.4) is 0 Å². The number of nitrogens with zero attached hydrogens (tertiary/aromatic N) is 1. The van der Waals surface area contributed by atoms with E-state index in [-0.39, 0.29) is 0 Å². The van der Waals surface area contributed by atoms with Crippen molar-refractivity contribution in [2.24, 2.45) is 4.99 Å². The van der Waals surface area contributed by atoms with E-state index in [1.165, 1.54) is 57.1 Å². The summed E-state index contributed by atoms with van der Waals surface area (Å²) in [5.74, 6) is 0.848. The number of allylic oxidation sites excluding steroid dienone is 1. The highest BCUT2D eigenvalue weighted by Crippen LogP contribution is 2.25. The third-order valence-electron chi connectivity index (χ3n) is 5.46. The Balaban J connectivity index is 1.53. The van der Waals surface area contributed by atoms with Gasteiger partial charge in [0.15, 0.2) is 0 Å². The summed E-state index contributed by atoms with van der Waals surface area (Å²) in [6.45, 7) is 5.09. The van der Waals surface area contributed by atoms with Crippen LogP contribution in [0.25, 0.3) is 6.08 Å². The van der Waals surface area contributed by atoms with Crippen LogP contribution >= 0.6 is 0 Å². The summed E-state index contributed by atoms with van der Waals surface area (Å²) < 4.78 is 5.95. The second kappa shape index (κ2) is 12.3. The molecule has 0 amide bonds. The van der Waals surface area contributed by atoms with Crippen LogP contribution in [-0.2, 0) is 11.2 Å². The maximum Gasteiger partial charge on any atom is 0.147 e. The van der Waals surface area contributed by atoms with Gasteiger partial charge in [-0.05, 0) is 49.6 Å². The number of aryl methyl sites for hydroxylation is 1. The number of aromatic amines is 2. The highest BCUT2D eigenvalue weighted by Gasteiger charge is 2.18. The van der Waals surface area contributed by atoms with Crippen molar-refractivity contribution < 1.29 is 4.74 Å². The first-order chi connectivity index (χ1) is 14.8. The summed E-state index contributed by atoms with van der Waals surface area (Å²) in [6.07, 6.45) is 19.0. The summed E-state index contributed by atoms with van der Waals surface area (Å²) >= 11 is 0. The van der Waals surface area contributed by atoms with Crippen molar-refractivity contribution in [3.05, 3.63) is 65.1 Å². The zero-order valence-corrected chi connectivity index (χ0v) is 18.7. The summed E-state index contributed by atoms with van der Waals surface area (Å²) in [4.78, 5) is 11.6. The number of aromatic nitrogens is 2. The van der Waals surface area contributed by atoms with Gasteiger partial charge in [0.1, 0.15) is 11.5 Å². The largest absolute Gasteiger partial charge is 0.491 e. The second-order valence-corrected chi connectivity index (χ2v) is 8.13. The molecule has 0 aromatic carbocycles. The van der Waals surface area contributed by atoms with Gasteiger partial charge in [0.2, 0.25) is 0 Å². The van der Waals surface area contributed by atoms with Crippen LogP contribution in [0, 0.1) is 0 Å². The molecule has 4 heteroatoms. The monoisotopic (exact) mass is 407 g/mol. The molecule has 30 heavy (non-hydrogen) atoms. The molecule has 2 N–H and O–H groups in total. The molecule has 2 aromatic rings. The second-order valence-electron chi connectivity index (χ2n) is 8.13. The molecule has 3 rings (SSSR count). The van der Waals surface area contributed by atoms with Crippen molar-refractivity contribution in [2.45, 2.75) is 78.1 Å². The molecule has 3 heterocycles. The van der Waals surface area contributed by atoms with Gasteiger partial charge < -0.3 is 14.7 Å². The fourth-order valence-corrected chi connectivity index (χ4v) is 3.76. The van der Waals surface area contributed by atoms with Crippen LogP contribution in [0.2, 0.25) is 0 Å². The van der Waals surface area contributed by atoms with Crippen molar-refractivity contribution in [3.63, 3.8) is 0 Å². The Kier molecular flexibility index (Phi) is 9.07. The first kappa shape index (κ1) is 22.2. The Morgan fingerprint density at radius 2 is 1.73 bits per heavy atom. The quantitative estimate of drug-likeness (QED) is 0.320. The molecule has 0 aliphatic carbocycles. The molecule has 0 saturated carbocycles. The maximum atomic E-state index is 5.95. The highest BCUT2D eigenvalue weighted by molar-refractivity contribution is 6.11. The number of rotatable bonds is 14. The minimum absolute atomic E-state index is 0.700. The predicted molar refractivity (Wildman–Crippen MR) is 127 cm³/mol. The minimum atomic E-state index is 0.700. The van der Waals surface area contributed by atoms with Crippen LogP contribution < -0.4 is 0 Å². The van der Waals surface area contributed by atoms with Crippen molar-refractivity contribution in [1.82, 2.24) is 9.97 Å². The zero-order valence-electron chi connectivity index (χ0n) is 18.7. The number of unbranched alkanes of at least 4 members (excludes halogenated alkanes) is 7. The van der Waals surface area contributed by atoms with Crippen molar-refractivity contribution >= 4 is 11.8 Å².